The van der Waals surface area contributed by atoms with Gasteiger partial charge in [0.1, 0.15) is 0 Å². The first-order valence-corrected chi connectivity index (χ1v) is 7.23. The van der Waals surface area contributed by atoms with E-state index >= 15 is 0 Å². The Hall–Kier alpha value is -0.330. The predicted molar refractivity (Wildman–Crippen MR) is 67.4 cm³/mol. The Kier molecular flexibility index (Phi) is 4.66. The minimum atomic E-state index is -4.15. The van der Waals surface area contributed by atoms with Gasteiger partial charge in [-0.3, -0.25) is 0 Å². The van der Waals surface area contributed by atoms with E-state index < -0.39 is 18.2 Å². The highest BCUT2D eigenvalue weighted by atomic mass is 19.4. The second-order valence-electron chi connectivity index (χ2n) is 6.35. The van der Waals surface area contributed by atoms with Crippen LogP contribution in [0.2, 0.25) is 0 Å². The van der Waals surface area contributed by atoms with Crippen LogP contribution in [-0.2, 0) is 9.47 Å². The minimum Gasteiger partial charge on any atom is -0.390 e. The molecule has 0 aromatic heterocycles. The van der Waals surface area contributed by atoms with Crippen LogP contribution < -0.4 is 0 Å². The Balaban J connectivity index is 1.88. The van der Waals surface area contributed by atoms with Crippen molar-refractivity contribution in [2.75, 3.05) is 19.8 Å². The summed E-state index contributed by atoms with van der Waals surface area (Å²) in [5.41, 5.74) is -1.39. The molecule has 2 rings (SSSR count). The predicted octanol–water partition coefficient (Wildman–Crippen LogP) is 3.06. The fraction of sp³-hybridized carbons (Fsp3) is 1.00. The van der Waals surface area contributed by atoms with Crippen molar-refractivity contribution in [2.24, 2.45) is 5.92 Å². The van der Waals surface area contributed by atoms with Crippen LogP contribution in [-0.4, -0.2) is 42.3 Å². The van der Waals surface area contributed by atoms with Crippen LogP contribution in [0.25, 0.3) is 0 Å². The fourth-order valence-electron chi connectivity index (χ4n) is 3.27. The second-order valence-corrected chi connectivity index (χ2v) is 6.35. The van der Waals surface area contributed by atoms with E-state index in [-0.39, 0.29) is 24.4 Å². The standard InChI is InChI=1S/C14H23F3O3/c1-12(18,4-2-5-14(15,16)17)11-3-7-20-13(9-11)6-8-19-10-13/h11,18H,2-10H2,1H3. The van der Waals surface area contributed by atoms with Crippen molar-refractivity contribution in [3.63, 3.8) is 0 Å². The van der Waals surface area contributed by atoms with Gasteiger partial charge in [0, 0.05) is 26.1 Å². The summed E-state index contributed by atoms with van der Waals surface area (Å²) >= 11 is 0. The average Bonchev–Trinajstić information content (AvgIpc) is 2.75. The Morgan fingerprint density at radius 2 is 2.00 bits per heavy atom. The number of aliphatic hydroxyl groups is 1. The SMILES string of the molecule is CC(O)(CCCC(F)(F)F)C1CCOC2(CCOC2)C1. The molecule has 2 aliphatic rings. The summed E-state index contributed by atoms with van der Waals surface area (Å²) in [6.45, 7) is 3.39. The van der Waals surface area contributed by atoms with Gasteiger partial charge < -0.3 is 14.6 Å². The van der Waals surface area contributed by atoms with Gasteiger partial charge in [0.05, 0.1) is 17.8 Å². The molecule has 0 amide bonds. The molecule has 2 saturated heterocycles. The van der Waals surface area contributed by atoms with E-state index in [1.807, 2.05) is 0 Å². The van der Waals surface area contributed by atoms with Crippen molar-refractivity contribution in [1.29, 1.82) is 0 Å². The van der Waals surface area contributed by atoms with Gasteiger partial charge in [-0.1, -0.05) is 0 Å². The zero-order valence-corrected chi connectivity index (χ0v) is 11.8. The van der Waals surface area contributed by atoms with Crippen LogP contribution in [0.5, 0.6) is 0 Å². The van der Waals surface area contributed by atoms with Gasteiger partial charge in [-0.05, 0) is 38.5 Å². The first-order chi connectivity index (χ1) is 9.23. The first kappa shape index (κ1) is 16.0. The topological polar surface area (TPSA) is 38.7 Å². The summed E-state index contributed by atoms with van der Waals surface area (Å²) in [5, 5.41) is 10.5. The van der Waals surface area contributed by atoms with E-state index in [4.69, 9.17) is 9.47 Å². The molecule has 3 atom stereocenters. The highest BCUT2D eigenvalue weighted by Crippen LogP contribution is 2.42. The minimum absolute atomic E-state index is 0.0221. The van der Waals surface area contributed by atoms with Gasteiger partial charge in [-0.25, -0.2) is 0 Å². The molecule has 6 heteroatoms. The zero-order chi connectivity index (χ0) is 14.9. The van der Waals surface area contributed by atoms with E-state index in [1.54, 1.807) is 6.92 Å². The molecule has 0 aromatic rings. The molecule has 0 bridgehead atoms. The molecule has 1 N–H and O–H groups in total. The summed E-state index contributed by atoms with van der Waals surface area (Å²) < 4.78 is 47.7. The summed E-state index contributed by atoms with van der Waals surface area (Å²) in [4.78, 5) is 0. The molecule has 2 heterocycles. The monoisotopic (exact) mass is 296 g/mol. The van der Waals surface area contributed by atoms with Crippen LogP contribution in [0.4, 0.5) is 13.2 Å². The number of halogens is 3. The maximum Gasteiger partial charge on any atom is 0.389 e. The van der Waals surface area contributed by atoms with Crippen molar-refractivity contribution in [3.05, 3.63) is 0 Å². The number of hydrogen-bond acceptors (Lipinski definition) is 3. The van der Waals surface area contributed by atoms with E-state index in [1.165, 1.54) is 0 Å². The lowest BCUT2D eigenvalue weighted by Crippen LogP contribution is -2.47. The zero-order valence-electron chi connectivity index (χ0n) is 11.8. The van der Waals surface area contributed by atoms with Gasteiger partial charge >= 0.3 is 6.18 Å². The third kappa shape index (κ3) is 4.09. The van der Waals surface area contributed by atoms with E-state index in [0.717, 1.165) is 6.42 Å². The molecule has 0 aromatic carbocycles. The Morgan fingerprint density at radius 1 is 1.25 bits per heavy atom. The van der Waals surface area contributed by atoms with Crippen molar-refractivity contribution < 1.29 is 27.8 Å². The Labute approximate surface area is 117 Å². The number of hydrogen-bond donors (Lipinski definition) is 1. The summed E-state index contributed by atoms with van der Waals surface area (Å²) in [6.07, 6.45) is -2.66. The average molecular weight is 296 g/mol. The molecule has 3 nitrogen and oxygen atoms in total. The molecule has 0 aliphatic carbocycles. The van der Waals surface area contributed by atoms with Crippen LogP contribution in [0, 0.1) is 5.92 Å². The fourth-order valence-corrected chi connectivity index (χ4v) is 3.27. The third-order valence-electron chi connectivity index (χ3n) is 4.58. The largest absolute Gasteiger partial charge is 0.390 e. The first-order valence-electron chi connectivity index (χ1n) is 7.23. The molecular weight excluding hydrogens is 273 g/mol. The molecule has 0 radical (unpaired) electrons. The van der Waals surface area contributed by atoms with Gasteiger partial charge in [-0.2, -0.15) is 13.2 Å². The number of ether oxygens (including phenoxy) is 2. The van der Waals surface area contributed by atoms with Crippen molar-refractivity contribution in [1.82, 2.24) is 0 Å². The van der Waals surface area contributed by atoms with E-state index in [2.05, 4.69) is 0 Å². The van der Waals surface area contributed by atoms with E-state index in [0.29, 0.717) is 32.7 Å². The van der Waals surface area contributed by atoms with Gasteiger partial charge in [-0.15, -0.1) is 0 Å². The van der Waals surface area contributed by atoms with Crippen LogP contribution in [0.1, 0.15) is 45.4 Å². The quantitative estimate of drug-likeness (QED) is 0.866. The Bertz CT molecular complexity index is 322. The molecule has 0 saturated carbocycles. The molecule has 3 unspecified atom stereocenters. The van der Waals surface area contributed by atoms with Crippen LogP contribution in [0.15, 0.2) is 0 Å². The van der Waals surface area contributed by atoms with Crippen molar-refractivity contribution in [3.8, 4) is 0 Å². The Morgan fingerprint density at radius 3 is 2.60 bits per heavy atom. The maximum absolute atomic E-state index is 12.2. The molecule has 2 aliphatic heterocycles. The lowest BCUT2D eigenvalue weighted by atomic mass is 9.74. The highest BCUT2D eigenvalue weighted by Gasteiger charge is 2.46. The summed E-state index contributed by atoms with van der Waals surface area (Å²) in [5.74, 6) is -0.0221. The highest BCUT2D eigenvalue weighted by molar-refractivity contribution is 4.95. The lowest BCUT2D eigenvalue weighted by molar-refractivity contribution is -0.150. The van der Waals surface area contributed by atoms with Gasteiger partial charge in [0.15, 0.2) is 0 Å². The molecule has 2 fully saturated rings. The van der Waals surface area contributed by atoms with E-state index in [9.17, 15) is 18.3 Å². The van der Waals surface area contributed by atoms with Crippen LogP contribution in [0.3, 0.4) is 0 Å². The summed E-state index contributed by atoms with van der Waals surface area (Å²) in [7, 11) is 0. The second kappa shape index (κ2) is 5.81. The number of alkyl halides is 3. The number of rotatable bonds is 4. The van der Waals surface area contributed by atoms with Crippen molar-refractivity contribution in [2.45, 2.75) is 62.8 Å². The lowest BCUT2D eigenvalue weighted by Gasteiger charge is -2.43. The smallest absolute Gasteiger partial charge is 0.389 e. The van der Waals surface area contributed by atoms with Crippen LogP contribution >= 0.6 is 0 Å². The summed E-state index contributed by atoms with van der Waals surface area (Å²) in [6, 6.07) is 0. The maximum atomic E-state index is 12.2. The molecular formula is C14H23F3O3. The third-order valence-corrected chi connectivity index (χ3v) is 4.58. The van der Waals surface area contributed by atoms with Gasteiger partial charge in [0.2, 0.25) is 0 Å². The van der Waals surface area contributed by atoms with Crippen molar-refractivity contribution >= 4 is 0 Å². The molecule has 1 spiro atoms. The van der Waals surface area contributed by atoms with Gasteiger partial charge in [0.25, 0.3) is 0 Å². The molecule has 20 heavy (non-hydrogen) atoms. The molecule has 118 valence electrons. The normalized spacial score (nSPS) is 34.4.